The Morgan fingerprint density at radius 1 is 1.24 bits per heavy atom. The molecule has 1 heterocycles. The van der Waals surface area contributed by atoms with Crippen molar-refractivity contribution in [2.75, 3.05) is 13.6 Å². The zero-order valence-corrected chi connectivity index (χ0v) is 14.7. The smallest absolute Gasteiger partial charge is 0.236 e. The Morgan fingerprint density at radius 3 is 2.60 bits per heavy atom. The lowest BCUT2D eigenvalue weighted by Gasteiger charge is -2.30. The van der Waals surface area contributed by atoms with E-state index in [1.807, 2.05) is 18.2 Å². The minimum absolute atomic E-state index is 0.00191. The fourth-order valence-corrected chi connectivity index (χ4v) is 3.03. The maximum atomic E-state index is 13.8. The summed E-state index contributed by atoms with van der Waals surface area (Å²) in [5.74, 6) is -0.277. The van der Waals surface area contributed by atoms with Crippen molar-refractivity contribution in [3.63, 3.8) is 0 Å². The maximum Gasteiger partial charge on any atom is 0.236 e. The fourth-order valence-electron chi connectivity index (χ4n) is 3.03. The van der Waals surface area contributed by atoms with Crippen molar-refractivity contribution in [2.24, 2.45) is 0 Å². The van der Waals surface area contributed by atoms with Crippen LogP contribution in [0.5, 0.6) is 0 Å². The standard InChI is InChI=1S/C20H24FN3O/c1-15(19-9-5-6-12-22-19)24(17-10-11-17)14-20(25)23(2)13-16-7-3-4-8-18(16)21/h3-9,12,15,17H,10-11,13-14H2,1-2H3/t15-/m0/s1. The highest BCUT2D eigenvalue weighted by Gasteiger charge is 2.35. The van der Waals surface area contributed by atoms with Crippen molar-refractivity contribution in [2.45, 2.75) is 38.4 Å². The van der Waals surface area contributed by atoms with Crippen molar-refractivity contribution in [3.05, 3.63) is 65.7 Å². The van der Waals surface area contributed by atoms with Gasteiger partial charge >= 0.3 is 0 Å². The lowest BCUT2D eigenvalue weighted by molar-refractivity contribution is -0.132. The molecule has 2 aromatic rings. The van der Waals surface area contributed by atoms with Crippen LogP contribution in [0.2, 0.25) is 0 Å². The summed E-state index contributed by atoms with van der Waals surface area (Å²) >= 11 is 0. The van der Waals surface area contributed by atoms with Crippen molar-refractivity contribution in [3.8, 4) is 0 Å². The second-order valence-corrected chi connectivity index (χ2v) is 6.68. The Bertz CT molecular complexity index is 718. The average molecular weight is 341 g/mol. The van der Waals surface area contributed by atoms with Gasteiger partial charge in [0.2, 0.25) is 5.91 Å². The molecule has 1 aromatic heterocycles. The molecule has 1 amide bonds. The number of hydrogen-bond donors (Lipinski definition) is 0. The van der Waals surface area contributed by atoms with Gasteiger partial charge in [-0.3, -0.25) is 14.7 Å². The van der Waals surface area contributed by atoms with E-state index in [0.29, 0.717) is 18.2 Å². The van der Waals surface area contributed by atoms with E-state index < -0.39 is 0 Å². The molecule has 1 fully saturated rings. The lowest BCUT2D eigenvalue weighted by atomic mass is 10.1. The predicted octanol–water partition coefficient (Wildman–Crippen LogP) is 3.40. The van der Waals surface area contributed by atoms with Crippen molar-refractivity contribution >= 4 is 5.91 Å². The number of benzene rings is 1. The first kappa shape index (κ1) is 17.5. The quantitative estimate of drug-likeness (QED) is 0.774. The fraction of sp³-hybridized carbons (Fsp3) is 0.400. The molecule has 132 valence electrons. The molecule has 25 heavy (non-hydrogen) atoms. The van der Waals surface area contributed by atoms with Gasteiger partial charge in [0.1, 0.15) is 5.82 Å². The van der Waals surface area contributed by atoms with Gasteiger partial charge in [0.05, 0.1) is 18.3 Å². The number of hydrogen-bond acceptors (Lipinski definition) is 3. The molecular formula is C20H24FN3O. The number of pyridine rings is 1. The van der Waals surface area contributed by atoms with E-state index in [1.165, 1.54) is 6.07 Å². The Kier molecular flexibility index (Phi) is 5.43. The number of aromatic nitrogens is 1. The highest BCUT2D eigenvalue weighted by atomic mass is 19.1. The highest BCUT2D eigenvalue weighted by Crippen LogP contribution is 2.33. The van der Waals surface area contributed by atoms with Gasteiger partial charge < -0.3 is 4.90 Å². The third-order valence-corrected chi connectivity index (χ3v) is 4.74. The first-order chi connectivity index (χ1) is 12.1. The van der Waals surface area contributed by atoms with Gasteiger partial charge in [-0.2, -0.15) is 0 Å². The number of carbonyl (C=O) groups excluding carboxylic acids is 1. The van der Waals surface area contributed by atoms with Gasteiger partial charge in [-0.15, -0.1) is 0 Å². The van der Waals surface area contributed by atoms with E-state index in [-0.39, 0.29) is 24.3 Å². The summed E-state index contributed by atoms with van der Waals surface area (Å²) in [4.78, 5) is 20.9. The van der Waals surface area contributed by atoms with Crippen LogP contribution in [0.4, 0.5) is 4.39 Å². The summed E-state index contributed by atoms with van der Waals surface area (Å²) in [6.45, 7) is 2.69. The van der Waals surface area contributed by atoms with E-state index in [2.05, 4.69) is 16.8 Å². The highest BCUT2D eigenvalue weighted by molar-refractivity contribution is 5.78. The van der Waals surface area contributed by atoms with Crippen LogP contribution in [-0.4, -0.2) is 40.3 Å². The van der Waals surface area contributed by atoms with Crippen molar-refractivity contribution < 1.29 is 9.18 Å². The summed E-state index contributed by atoms with van der Waals surface area (Å²) in [6.07, 6.45) is 4.01. The van der Waals surface area contributed by atoms with Crippen molar-refractivity contribution in [1.29, 1.82) is 0 Å². The number of rotatable bonds is 7. The molecular weight excluding hydrogens is 317 g/mol. The van der Waals surface area contributed by atoms with E-state index in [0.717, 1.165) is 18.5 Å². The Labute approximate surface area is 148 Å². The van der Waals surface area contributed by atoms with Gasteiger partial charge in [-0.25, -0.2) is 4.39 Å². The van der Waals surface area contributed by atoms with Gasteiger partial charge in [-0.1, -0.05) is 24.3 Å². The Balaban J connectivity index is 1.66. The molecule has 0 saturated heterocycles. The summed E-state index contributed by atoms with van der Waals surface area (Å²) < 4.78 is 13.8. The summed E-state index contributed by atoms with van der Waals surface area (Å²) in [5, 5.41) is 0. The molecule has 0 unspecified atom stereocenters. The Hall–Kier alpha value is -2.27. The number of likely N-dealkylation sites (N-methyl/N-ethyl adjacent to an activating group) is 1. The average Bonchev–Trinajstić information content (AvgIpc) is 3.46. The van der Waals surface area contributed by atoms with E-state index in [1.54, 1.807) is 36.3 Å². The molecule has 3 rings (SSSR count). The molecule has 0 bridgehead atoms. The second kappa shape index (κ2) is 7.74. The van der Waals surface area contributed by atoms with Crippen molar-refractivity contribution in [1.82, 2.24) is 14.8 Å². The normalized spacial score (nSPS) is 15.2. The number of nitrogens with zero attached hydrogens (tertiary/aromatic N) is 3. The van der Waals surface area contributed by atoms with Gasteiger partial charge in [0.25, 0.3) is 0 Å². The minimum Gasteiger partial charge on any atom is -0.340 e. The number of halogens is 1. The lowest BCUT2D eigenvalue weighted by Crippen LogP contribution is -2.40. The minimum atomic E-state index is -0.275. The first-order valence-corrected chi connectivity index (χ1v) is 8.70. The topological polar surface area (TPSA) is 36.4 Å². The first-order valence-electron chi connectivity index (χ1n) is 8.70. The van der Waals surface area contributed by atoms with Crippen LogP contribution >= 0.6 is 0 Å². The Morgan fingerprint density at radius 2 is 1.96 bits per heavy atom. The van der Waals surface area contributed by atoms with E-state index in [9.17, 15) is 9.18 Å². The van der Waals surface area contributed by atoms with Crippen LogP contribution < -0.4 is 0 Å². The molecule has 1 aromatic carbocycles. The van der Waals surface area contributed by atoms with Gasteiger partial charge in [-0.05, 0) is 38.0 Å². The summed E-state index contributed by atoms with van der Waals surface area (Å²) in [6, 6.07) is 13.0. The van der Waals surface area contributed by atoms with Crippen LogP contribution in [0.1, 0.15) is 37.1 Å². The molecule has 1 saturated carbocycles. The number of carbonyl (C=O) groups is 1. The van der Waals surface area contributed by atoms with E-state index in [4.69, 9.17) is 0 Å². The van der Waals surface area contributed by atoms with Gasteiger partial charge in [0.15, 0.2) is 0 Å². The van der Waals surface area contributed by atoms with E-state index >= 15 is 0 Å². The zero-order chi connectivity index (χ0) is 17.8. The molecule has 0 spiro atoms. The molecule has 1 atom stereocenters. The van der Waals surface area contributed by atoms with Crippen LogP contribution in [0.25, 0.3) is 0 Å². The van der Waals surface area contributed by atoms with Gasteiger partial charge in [0, 0.05) is 31.4 Å². The monoisotopic (exact) mass is 341 g/mol. The molecule has 0 aliphatic heterocycles. The third-order valence-electron chi connectivity index (χ3n) is 4.74. The predicted molar refractivity (Wildman–Crippen MR) is 95.3 cm³/mol. The number of amides is 1. The molecule has 0 N–H and O–H groups in total. The summed E-state index contributed by atoms with van der Waals surface area (Å²) in [7, 11) is 1.73. The molecule has 4 nitrogen and oxygen atoms in total. The van der Waals surface area contributed by atoms with Crippen LogP contribution in [0.15, 0.2) is 48.7 Å². The molecule has 5 heteroatoms. The zero-order valence-electron chi connectivity index (χ0n) is 14.7. The maximum absolute atomic E-state index is 13.8. The largest absolute Gasteiger partial charge is 0.340 e. The SMILES string of the molecule is C[C@@H](c1ccccn1)N(CC(=O)N(C)Cc1ccccc1F)C1CC1. The van der Waals surface area contributed by atoms with Crippen LogP contribution in [0, 0.1) is 5.82 Å². The molecule has 1 aliphatic rings. The summed E-state index contributed by atoms with van der Waals surface area (Å²) in [5.41, 5.74) is 1.51. The van der Waals surface area contributed by atoms with Crippen LogP contribution in [0.3, 0.4) is 0 Å². The molecule has 0 radical (unpaired) electrons. The second-order valence-electron chi connectivity index (χ2n) is 6.68. The third kappa shape index (κ3) is 4.42. The van der Waals surface area contributed by atoms with Crippen LogP contribution in [-0.2, 0) is 11.3 Å². The molecule has 1 aliphatic carbocycles.